The number of nitrogens with zero attached hydrogens (tertiary/aromatic N) is 2. The first kappa shape index (κ1) is 16.9. The molecule has 0 aliphatic carbocycles. The molecule has 0 unspecified atom stereocenters. The van der Waals surface area contributed by atoms with Crippen molar-refractivity contribution < 1.29 is 9.53 Å². The quantitative estimate of drug-likeness (QED) is 0.736. The topological polar surface area (TPSA) is 64.1 Å². The number of ether oxygens (including phenoxy) is 1. The highest BCUT2D eigenvalue weighted by atomic mass is 35.5. The van der Waals surface area contributed by atoms with Crippen molar-refractivity contribution in [2.75, 3.05) is 6.61 Å². The maximum Gasteiger partial charge on any atom is 0.258 e. The SMILES string of the molecule is O=C(COc1ccc(Cl)cc1)NCc1ccnc(-c2cccnc2)c1. The van der Waals surface area contributed by atoms with Gasteiger partial charge < -0.3 is 10.1 Å². The zero-order chi connectivity index (χ0) is 17.5. The summed E-state index contributed by atoms with van der Waals surface area (Å²) >= 11 is 5.81. The van der Waals surface area contributed by atoms with Gasteiger partial charge in [0.2, 0.25) is 0 Å². The molecule has 0 fully saturated rings. The molecule has 1 N–H and O–H groups in total. The van der Waals surface area contributed by atoms with Crippen LogP contribution in [-0.4, -0.2) is 22.5 Å². The summed E-state index contributed by atoms with van der Waals surface area (Å²) in [6.07, 6.45) is 5.19. The summed E-state index contributed by atoms with van der Waals surface area (Å²) in [6.45, 7) is 0.348. The monoisotopic (exact) mass is 353 g/mol. The first-order valence-electron chi connectivity index (χ1n) is 7.71. The molecule has 126 valence electrons. The predicted octanol–water partition coefficient (Wildman–Crippen LogP) is 3.49. The second-order valence-corrected chi connectivity index (χ2v) is 5.75. The highest BCUT2D eigenvalue weighted by molar-refractivity contribution is 6.30. The third-order valence-corrected chi connectivity index (χ3v) is 3.71. The van der Waals surface area contributed by atoms with Crippen molar-refractivity contribution in [1.82, 2.24) is 15.3 Å². The van der Waals surface area contributed by atoms with Crippen LogP contribution in [0.5, 0.6) is 5.75 Å². The highest BCUT2D eigenvalue weighted by Gasteiger charge is 2.05. The normalized spacial score (nSPS) is 10.3. The van der Waals surface area contributed by atoms with Crippen molar-refractivity contribution in [2.45, 2.75) is 6.54 Å². The average Bonchev–Trinajstić information content (AvgIpc) is 2.67. The number of pyridine rings is 2. The Morgan fingerprint density at radius 1 is 1.12 bits per heavy atom. The molecular weight excluding hydrogens is 338 g/mol. The minimum atomic E-state index is -0.199. The molecule has 0 saturated carbocycles. The van der Waals surface area contributed by atoms with Gasteiger partial charge in [-0.05, 0) is 54.1 Å². The first-order valence-corrected chi connectivity index (χ1v) is 8.09. The predicted molar refractivity (Wildman–Crippen MR) is 96.3 cm³/mol. The molecule has 0 bridgehead atoms. The summed E-state index contributed by atoms with van der Waals surface area (Å²) in [6, 6.07) is 14.5. The van der Waals surface area contributed by atoms with E-state index in [1.165, 1.54) is 0 Å². The molecule has 0 radical (unpaired) electrons. The summed E-state index contributed by atoms with van der Waals surface area (Å²) in [4.78, 5) is 20.3. The van der Waals surface area contributed by atoms with Gasteiger partial charge in [-0.15, -0.1) is 0 Å². The average molecular weight is 354 g/mol. The van der Waals surface area contributed by atoms with Crippen LogP contribution in [0.4, 0.5) is 0 Å². The molecule has 2 aromatic heterocycles. The smallest absolute Gasteiger partial charge is 0.258 e. The Morgan fingerprint density at radius 3 is 2.72 bits per heavy atom. The Kier molecular flexibility index (Phi) is 5.59. The first-order chi connectivity index (χ1) is 12.2. The molecule has 0 spiro atoms. The molecule has 0 atom stereocenters. The Labute approximate surface area is 150 Å². The van der Waals surface area contributed by atoms with E-state index in [2.05, 4.69) is 15.3 Å². The van der Waals surface area contributed by atoms with E-state index in [9.17, 15) is 4.79 Å². The van der Waals surface area contributed by atoms with Gasteiger partial charge in [-0.2, -0.15) is 0 Å². The highest BCUT2D eigenvalue weighted by Crippen LogP contribution is 2.16. The molecule has 0 aliphatic heterocycles. The van der Waals surface area contributed by atoms with Crippen molar-refractivity contribution in [3.05, 3.63) is 77.7 Å². The second-order valence-electron chi connectivity index (χ2n) is 5.31. The molecule has 3 aromatic rings. The van der Waals surface area contributed by atoms with Crippen molar-refractivity contribution in [2.24, 2.45) is 0 Å². The molecule has 2 heterocycles. The maximum absolute atomic E-state index is 11.9. The van der Waals surface area contributed by atoms with Gasteiger partial charge in [-0.3, -0.25) is 14.8 Å². The number of amides is 1. The van der Waals surface area contributed by atoms with Crippen LogP contribution in [0.2, 0.25) is 5.02 Å². The number of rotatable bonds is 6. The largest absolute Gasteiger partial charge is 0.484 e. The van der Waals surface area contributed by atoms with E-state index in [1.54, 1.807) is 42.9 Å². The molecular formula is C19H16ClN3O2. The fourth-order valence-electron chi connectivity index (χ4n) is 2.19. The third kappa shape index (κ3) is 5.02. The molecule has 0 saturated heterocycles. The zero-order valence-corrected chi connectivity index (χ0v) is 14.1. The number of carbonyl (C=O) groups is 1. The van der Waals surface area contributed by atoms with Crippen LogP contribution in [-0.2, 0) is 11.3 Å². The number of nitrogens with one attached hydrogen (secondary N) is 1. The molecule has 5 nitrogen and oxygen atoms in total. The summed E-state index contributed by atoms with van der Waals surface area (Å²) < 4.78 is 5.41. The van der Waals surface area contributed by atoms with Crippen LogP contribution in [0.3, 0.4) is 0 Å². The van der Waals surface area contributed by atoms with Crippen LogP contribution >= 0.6 is 11.6 Å². The third-order valence-electron chi connectivity index (χ3n) is 3.45. The Morgan fingerprint density at radius 2 is 1.96 bits per heavy atom. The van der Waals surface area contributed by atoms with E-state index in [4.69, 9.17) is 16.3 Å². The fourth-order valence-corrected chi connectivity index (χ4v) is 2.31. The summed E-state index contributed by atoms with van der Waals surface area (Å²) in [5.41, 5.74) is 2.70. The van der Waals surface area contributed by atoms with E-state index < -0.39 is 0 Å². The molecule has 3 rings (SSSR count). The van der Waals surface area contributed by atoms with Crippen molar-refractivity contribution in [3.63, 3.8) is 0 Å². The van der Waals surface area contributed by atoms with E-state index >= 15 is 0 Å². The molecule has 6 heteroatoms. The van der Waals surface area contributed by atoms with Crippen LogP contribution in [0.1, 0.15) is 5.56 Å². The number of hydrogen-bond donors (Lipinski definition) is 1. The van der Waals surface area contributed by atoms with Gasteiger partial charge in [0.25, 0.3) is 5.91 Å². The maximum atomic E-state index is 11.9. The van der Waals surface area contributed by atoms with Gasteiger partial charge in [0.15, 0.2) is 6.61 Å². The lowest BCUT2D eigenvalue weighted by molar-refractivity contribution is -0.123. The van der Waals surface area contributed by atoms with Crippen LogP contribution < -0.4 is 10.1 Å². The second kappa shape index (κ2) is 8.26. The van der Waals surface area contributed by atoms with Crippen LogP contribution in [0.15, 0.2) is 67.1 Å². The lowest BCUT2D eigenvalue weighted by Crippen LogP contribution is -2.28. The van der Waals surface area contributed by atoms with E-state index in [1.807, 2.05) is 24.3 Å². The van der Waals surface area contributed by atoms with Gasteiger partial charge >= 0.3 is 0 Å². The van der Waals surface area contributed by atoms with Crippen LogP contribution in [0.25, 0.3) is 11.3 Å². The van der Waals surface area contributed by atoms with Gasteiger partial charge in [0.1, 0.15) is 5.75 Å². The standard InChI is InChI=1S/C19H16ClN3O2/c20-16-3-5-17(6-4-16)25-13-19(24)23-11-14-7-9-22-18(10-14)15-2-1-8-21-12-15/h1-10,12H,11,13H2,(H,23,24). The van der Waals surface area contributed by atoms with Crippen molar-refractivity contribution in [1.29, 1.82) is 0 Å². The Balaban J connectivity index is 1.53. The molecule has 0 aliphatic rings. The number of carbonyl (C=O) groups excluding carboxylic acids is 1. The molecule has 1 amide bonds. The van der Waals surface area contributed by atoms with E-state index in [-0.39, 0.29) is 12.5 Å². The minimum absolute atomic E-state index is 0.0534. The van der Waals surface area contributed by atoms with Crippen molar-refractivity contribution in [3.8, 4) is 17.0 Å². The minimum Gasteiger partial charge on any atom is -0.484 e. The molecule has 25 heavy (non-hydrogen) atoms. The lowest BCUT2D eigenvalue weighted by Gasteiger charge is -2.08. The van der Waals surface area contributed by atoms with Gasteiger partial charge in [0.05, 0.1) is 5.69 Å². The lowest BCUT2D eigenvalue weighted by atomic mass is 10.1. The van der Waals surface area contributed by atoms with Gasteiger partial charge in [0, 0.05) is 35.7 Å². The Bertz CT molecular complexity index is 839. The number of aromatic nitrogens is 2. The number of hydrogen-bond acceptors (Lipinski definition) is 4. The number of benzene rings is 1. The fraction of sp³-hybridized carbons (Fsp3) is 0.105. The zero-order valence-electron chi connectivity index (χ0n) is 13.4. The van der Waals surface area contributed by atoms with E-state index in [0.717, 1.165) is 16.8 Å². The van der Waals surface area contributed by atoms with Crippen molar-refractivity contribution >= 4 is 17.5 Å². The summed E-state index contributed by atoms with van der Waals surface area (Å²) in [7, 11) is 0. The van der Waals surface area contributed by atoms with E-state index in [0.29, 0.717) is 17.3 Å². The Hall–Kier alpha value is -2.92. The number of halogens is 1. The van der Waals surface area contributed by atoms with Crippen LogP contribution in [0, 0.1) is 0 Å². The molecule has 1 aromatic carbocycles. The van der Waals surface area contributed by atoms with Gasteiger partial charge in [-0.25, -0.2) is 0 Å². The van der Waals surface area contributed by atoms with Gasteiger partial charge in [-0.1, -0.05) is 11.6 Å². The summed E-state index contributed by atoms with van der Waals surface area (Å²) in [5.74, 6) is 0.400. The summed E-state index contributed by atoms with van der Waals surface area (Å²) in [5, 5.41) is 3.45.